The summed E-state index contributed by atoms with van der Waals surface area (Å²) in [7, 11) is 0. The van der Waals surface area contributed by atoms with E-state index in [4.69, 9.17) is 9.47 Å². The van der Waals surface area contributed by atoms with Crippen molar-refractivity contribution in [3.8, 4) is 0 Å². The van der Waals surface area contributed by atoms with Crippen molar-refractivity contribution in [3.05, 3.63) is 11.8 Å². The van der Waals surface area contributed by atoms with Crippen LogP contribution >= 0.6 is 0 Å². The second kappa shape index (κ2) is 10.8. The second-order valence-electron chi connectivity index (χ2n) is 8.19. The lowest BCUT2D eigenvalue weighted by molar-refractivity contribution is -0.148. The predicted molar refractivity (Wildman–Crippen MR) is 99.8 cm³/mol. The van der Waals surface area contributed by atoms with Crippen molar-refractivity contribution in [1.29, 1.82) is 0 Å². The molecule has 0 unspecified atom stereocenters. The summed E-state index contributed by atoms with van der Waals surface area (Å²) in [6, 6.07) is 0. The van der Waals surface area contributed by atoms with Gasteiger partial charge >= 0.3 is 5.97 Å². The topological polar surface area (TPSA) is 35.5 Å². The third kappa shape index (κ3) is 9.34. The second-order valence-corrected chi connectivity index (χ2v) is 8.19. The molecule has 0 saturated carbocycles. The molecular formula is C21H38O3. The van der Waals surface area contributed by atoms with E-state index >= 15 is 0 Å². The summed E-state index contributed by atoms with van der Waals surface area (Å²) in [6.07, 6.45) is 14.6. The third-order valence-corrected chi connectivity index (χ3v) is 4.58. The molecule has 1 aliphatic heterocycles. The Labute approximate surface area is 149 Å². The van der Waals surface area contributed by atoms with Gasteiger partial charge in [0.1, 0.15) is 11.4 Å². The first-order chi connectivity index (χ1) is 11.3. The van der Waals surface area contributed by atoms with Gasteiger partial charge in [-0.25, -0.2) is 4.79 Å². The average molecular weight is 339 g/mol. The number of carbonyl (C=O) groups excluding carboxylic acids is 1. The fraction of sp³-hybridized carbons (Fsp3) is 0.857. The molecule has 1 fully saturated rings. The smallest absolute Gasteiger partial charge is 0.334 e. The summed E-state index contributed by atoms with van der Waals surface area (Å²) in [4.78, 5) is 11.9. The maximum atomic E-state index is 11.9. The average Bonchev–Trinajstić information content (AvgIpc) is 2.79. The third-order valence-electron chi connectivity index (χ3n) is 4.58. The Balaban J connectivity index is 2.20. The van der Waals surface area contributed by atoms with Crippen molar-refractivity contribution >= 4 is 5.97 Å². The molecule has 1 heterocycles. The van der Waals surface area contributed by atoms with Crippen LogP contribution in [0.25, 0.3) is 0 Å². The molecule has 1 rings (SSSR count). The van der Waals surface area contributed by atoms with Crippen molar-refractivity contribution in [2.75, 3.05) is 0 Å². The molecule has 0 aromatic heterocycles. The number of hydrogen-bond acceptors (Lipinski definition) is 3. The summed E-state index contributed by atoms with van der Waals surface area (Å²) in [6.45, 7) is 10.0. The van der Waals surface area contributed by atoms with Gasteiger partial charge in [0.05, 0.1) is 12.2 Å². The monoisotopic (exact) mass is 338 g/mol. The van der Waals surface area contributed by atoms with E-state index in [2.05, 4.69) is 13.8 Å². The summed E-state index contributed by atoms with van der Waals surface area (Å²) >= 11 is 0. The highest BCUT2D eigenvalue weighted by molar-refractivity contribution is 5.82. The molecule has 2 atom stereocenters. The fourth-order valence-electron chi connectivity index (χ4n) is 3.24. The van der Waals surface area contributed by atoms with Gasteiger partial charge in [-0.2, -0.15) is 0 Å². The van der Waals surface area contributed by atoms with Gasteiger partial charge < -0.3 is 9.47 Å². The van der Waals surface area contributed by atoms with Gasteiger partial charge in [-0.15, -0.1) is 0 Å². The van der Waals surface area contributed by atoms with E-state index in [1.54, 1.807) is 0 Å². The molecule has 0 aromatic carbocycles. The summed E-state index contributed by atoms with van der Waals surface area (Å²) < 4.78 is 11.2. The van der Waals surface area contributed by atoms with Gasteiger partial charge in [0, 0.05) is 12.3 Å². The number of ether oxygens (including phenoxy) is 2. The van der Waals surface area contributed by atoms with Crippen molar-refractivity contribution < 1.29 is 14.3 Å². The van der Waals surface area contributed by atoms with Gasteiger partial charge in [-0.3, -0.25) is 0 Å². The van der Waals surface area contributed by atoms with Crippen LogP contribution in [-0.4, -0.2) is 17.7 Å². The molecule has 140 valence electrons. The molecule has 0 aromatic rings. The quantitative estimate of drug-likeness (QED) is 0.271. The van der Waals surface area contributed by atoms with Gasteiger partial charge in [0.2, 0.25) is 0 Å². The molecule has 0 radical (unpaired) electrons. The van der Waals surface area contributed by atoms with Crippen LogP contribution in [-0.2, 0) is 14.3 Å². The first-order valence-electron chi connectivity index (χ1n) is 9.92. The predicted octanol–water partition coefficient (Wildman–Crippen LogP) is 6.17. The standard InChI is InChI=1S/C21H38O3/c1-6-7-8-9-10-11-12-13-14-18-15-19(23-17(18)2)16-20(22)24-21(3,4)5/h16-18H,6-15H2,1-5H3/b19-16+/t17-,18-/m0/s1. The van der Waals surface area contributed by atoms with Crippen LogP contribution in [0.1, 0.15) is 98.8 Å². The molecule has 0 spiro atoms. The number of esters is 1. The molecule has 0 aliphatic carbocycles. The molecular weight excluding hydrogens is 300 g/mol. The van der Waals surface area contributed by atoms with Gasteiger partial charge in [-0.05, 0) is 34.1 Å². The number of hydrogen-bond donors (Lipinski definition) is 0. The first kappa shape index (κ1) is 21.1. The van der Waals surface area contributed by atoms with Gasteiger partial charge in [0.15, 0.2) is 0 Å². The van der Waals surface area contributed by atoms with Gasteiger partial charge in [-0.1, -0.05) is 58.3 Å². The molecule has 1 saturated heterocycles. The van der Waals surface area contributed by atoms with E-state index in [9.17, 15) is 4.79 Å². The summed E-state index contributed by atoms with van der Waals surface area (Å²) in [5, 5.41) is 0. The maximum absolute atomic E-state index is 11.9. The Morgan fingerprint density at radius 3 is 2.29 bits per heavy atom. The van der Waals surface area contributed by atoms with E-state index in [1.165, 1.54) is 63.9 Å². The number of allylic oxidation sites excluding steroid dienone is 1. The van der Waals surface area contributed by atoms with Crippen molar-refractivity contribution in [2.24, 2.45) is 5.92 Å². The van der Waals surface area contributed by atoms with Crippen molar-refractivity contribution in [3.63, 3.8) is 0 Å². The van der Waals surface area contributed by atoms with Crippen LogP contribution in [0.4, 0.5) is 0 Å². The van der Waals surface area contributed by atoms with Crippen LogP contribution in [0.5, 0.6) is 0 Å². The molecule has 3 heteroatoms. The van der Waals surface area contributed by atoms with Crippen LogP contribution in [0.3, 0.4) is 0 Å². The molecule has 3 nitrogen and oxygen atoms in total. The summed E-state index contributed by atoms with van der Waals surface area (Å²) in [5.74, 6) is 1.04. The van der Waals surface area contributed by atoms with Crippen LogP contribution in [0, 0.1) is 5.92 Å². The molecule has 1 aliphatic rings. The Hall–Kier alpha value is -0.990. The minimum atomic E-state index is -0.450. The van der Waals surface area contributed by atoms with Gasteiger partial charge in [0.25, 0.3) is 0 Å². The Morgan fingerprint density at radius 2 is 1.71 bits per heavy atom. The lowest BCUT2D eigenvalue weighted by Gasteiger charge is -2.18. The van der Waals surface area contributed by atoms with E-state index < -0.39 is 5.60 Å². The molecule has 0 amide bonds. The Bertz CT molecular complexity index is 392. The van der Waals surface area contributed by atoms with Crippen molar-refractivity contribution in [2.45, 2.75) is 111 Å². The van der Waals surface area contributed by atoms with E-state index in [0.717, 1.165) is 12.2 Å². The van der Waals surface area contributed by atoms with E-state index in [-0.39, 0.29) is 12.1 Å². The number of unbranched alkanes of at least 4 members (excludes halogenated alkanes) is 7. The van der Waals surface area contributed by atoms with Crippen LogP contribution < -0.4 is 0 Å². The maximum Gasteiger partial charge on any atom is 0.334 e. The first-order valence-corrected chi connectivity index (χ1v) is 9.92. The highest BCUT2D eigenvalue weighted by atomic mass is 16.6. The number of carbonyl (C=O) groups is 1. The Kier molecular flexibility index (Phi) is 9.46. The molecule has 0 N–H and O–H groups in total. The van der Waals surface area contributed by atoms with Crippen LogP contribution in [0.15, 0.2) is 11.8 Å². The molecule has 0 bridgehead atoms. The fourth-order valence-corrected chi connectivity index (χ4v) is 3.24. The SMILES string of the molecule is CCCCCCCCCC[C@H]1C/C(=C\C(=O)OC(C)(C)C)O[C@H]1C. The number of rotatable bonds is 10. The van der Waals surface area contributed by atoms with Crippen molar-refractivity contribution in [1.82, 2.24) is 0 Å². The molecule has 24 heavy (non-hydrogen) atoms. The summed E-state index contributed by atoms with van der Waals surface area (Å²) in [5.41, 5.74) is -0.450. The zero-order valence-corrected chi connectivity index (χ0v) is 16.5. The van der Waals surface area contributed by atoms with E-state index in [0.29, 0.717) is 5.92 Å². The zero-order valence-electron chi connectivity index (χ0n) is 16.5. The highest BCUT2D eigenvalue weighted by Crippen LogP contribution is 2.33. The Morgan fingerprint density at radius 1 is 1.12 bits per heavy atom. The largest absolute Gasteiger partial charge is 0.494 e. The minimum Gasteiger partial charge on any atom is -0.494 e. The zero-order chi connectivity index (χ0) is 18.0. The highest BCUT2D eigenvalue weighted by Gasteiger charge is 2.29. The normalized spacial score (nSPS) is 22.6. The lowest BCUT2D eigenvalue weighted by Crippen LogP contribution is -2.22. The lowest BCUT2D eigenvalue weighted by atomic mass is 9.94. The minimum absolute atomic E-state index is 0.211. The van der Waals surface area contributed by atoms with Crippen LogP contribution in [0.2, 0.25) is 0 Å². The van der Waals surface area contributed by atoms with E-state index in [1.807, 2.05) is 20.8 Å².